The maximum atomic E-state index is 12.5. The molecule has 174 valence electrons. The molecule has 3 aromatic carbocycles. The second-order valence-electron chi connectivity index (χ2n) is 7.48. The third kappa shape index (κ3) is 5.82. The molecule has 1 aliphatic heterocycles. The van der Waals surface area contributed by atoms with Crippen LogP contribution in [0.2, 0.25) is 5.02 Å². The number of cyclic esters (lactones) is 1. The fourth-order valence-electron chi connectivity index (χ4n) is 3.28. The highest BCUT2D eigenvalue weighted by Crippen LogP contribution is 2.38. The molecule has 0 bridgehead atoms. The van der Waals surface area contributed by atoms with Gasteiger partial charge >= 0.3 is 5.97 Å². The van der Waals surface area contributed by atoms with Gasteiger partial charge in [0.2, 0.25) is 5.90 Å². The Kier molecular flexibility index (Phi) is 7.95. The van der Waals surface area contributed by atoms with E-state index >= 15 is 0 Å². The zero-order valence-electron chi connectivity index (χ0n) is 18.4. The van der Waals surface area contributed by atoms with Gasteiger partial charge in [0.1, 0.15) is 6.61 Å². The molecule has 5 nitrogen and oxygen atoms in total. The van der Waals surface area contributed by atoms with Crippen LogP contribution in [-0.2, 0) is 16.1 Å². The lowest BCUT2D eigenvalue weighted by molar-refractivity contribution is -0.129. The number of aryl methyl sites for hydroxylation is 1. The zero-order valence-corrected chi connectivity index (χ0v) is 22.9. The van der Waals surface area contributed by atoms with Crippen LogP contribution in [0.4, 0.5) is 0 Å². The second-order valence-corrected chi connectivity index (χ2v) is 9.96. The molecule has 0 spiro atoms. The Labute approximate surface area is 225 Å². The van der Waals surface area contributed by atoms with Crippen molar-refractivity contribution in [3.05, 3.63) is 95.6 Å². The summed E-state index contributed by atoms with van der Waals surface area (Å²) in [4.78, 5) is 16.9. The molecule has 0 atom stereocenters. The summed E-state index contributed by atoms with van der Waals surface area (Å²) < 4.78 is 19.3. The van der Waals surface area contributed by atoms with Gasteiger partial charge in [-0.3, -0.25) is 0 Å². The fraction of sp³-hybridized carbons (Fsp3) is 0.154. The fourth-order valence-corrected chi connectivity index (χ4v) is 4.15. The number of rotatable bonds is 7. The minimum atomic E-state index is -0.518. The SMILES string of the molecule is CCOc1cc(/C=C2\N=C(c3ccc(I)c(C)c3)OC2=O)cc(Cl)c1OCc1ccc(Br)cc1. The highest BCUT2D eigenvalue weighted by Gasteiger charge is 2.25. The number of ether oxygens (including phenoxy) is 3. The van der Waals surface area contributed by atoms with Crippen LogP contribution < -0.4 is 9.47 Å². The summed E-state index contributed by atoms with van der Waals surface area (Å²) >= 11 is 12.2. The monoisotopic (exact) mass is 651 g/mol. The third-order valence-corrected chi connectivity index (χ3v) is 6.98. The number of halogens is 3. The number of aliphatic imine (C=N–C) groups is 1. The molecule has 3 aromatic rings. The Morgan fingerprint density at radius 1 is 1.12 bits per heavy atom. The number of hydrogen-bond acceptors (Lipinski definition) is 5. The summed E-state index contributed by atoms with van der Waals surface area (Å²) in [5.41, 5.74) is 3.67. The number of nitrogens with zero attached hydrogens (tertiary/aromatic N) is 1. The van der Waals surface area contributed by atoms with Gasteiger partial charge in [-0.2, -0.15) is 0 Å². The first-order chi connectivity index (χ1) is 16.3. The highest BCUT2D eigenvalue weighted by molar-refractivity contribution is 14.1. The van der Waals surface area contributed by atoms with Gasteiger partial charge in [-0.25, -0.2) is 9.79 Å². The number of carbonyl (C=O) groups is 1. The van der Waals surface area contributed by atoms with Gasteiger partial charge in [0.25, 0.3) is 0 Å². The van der Waals surface area contributed by atoms with Crippen molar-refractivity contribution < 1.29 is 19.0 Å². The lowest BCUT2D eigenvalue weighted by Crippen LogP contribution is -2.05. The molecule has 0 fully saturated rings. The minimum Gasteiger partial charge on any atom is -0.490 e. The minimum absolute atomic E-state index is 0.188. The second kappa shape index (κ2) is 10.9. The first-order valence-electron chi connectivity index (χ1n) is 10.5. The van der Waals surface area contributed by atoms with Crippen LogP contribution in [0.3, 0.4) is 0 Å². The Morgan fingerprint density at radius 3 is 2.59 bits per heavy atom. The summed E-state index contributed by atoms with van der Waals surface area (Å²) in [6.07, 6.45) is 1.63. The van der Waals surface area contributed by atoms with Gasteiger partial charge in [0.15, 0.2) is 17.2 Å². The van der Waals surface area contributed by atoms with Crippen molar-refractivity contribution >= 4 is 68.1 Å². The van der Waals surface area contributed by atoms with Gasteiger partial charge in [-0.15, -0.1) is 0 Å². The van der Waals surface area contributed by atoms with Crippen molar-refractivity contribution in [1.29, 1.82) is 0 Å². The number of hydrogen-bond donors (Lipinski definition) is 0. The van der Waals surface area contributed by atoms with E-state index in [0.717, 1.165) is 24.7 Å². The van der Waals surface area contributed by atoms with Gasteiger partial charge in [-0.05, 0) is 102 Å². The van der Waals surface area contributed by atoms with Crippen LogP contribution >= 0.6 is 50.1 Å². The molecule has 1 heterocycles. The Bertz CT molecular complexity index is 1300. The molecule has 0 N–H and O–H groups in total. The topological polar surface area (TPSA) is 57.1 Å². The van der Waals surface area contributed by atoms with Crippen LogP contribution in [0.15, 0.2) is 69.8 Å². The van der Waals surface area contributed by atoms with E-state index in [4.69, 9.17) is 25.8 Å². The first-order valence-corrected chi connectivity index (χ1v) is 12.7. The molecule has 0 aromatic heterocycles. The summed E-state index contributed by atoms with van der Waals surface area (Å²) in [5.74, 6) is 0.695. The van der Waals surface area contributed by atoms with Crippen LogP contribution in [0, 0.1) is 10.5 Å². The lowest BCUT2D eigenvalue weighted by atomic mass is 10.1. The van der Waals surface area contributed by atoms with Crippen molar-refractivity contribution in [2.24, 2.45) is 4.99 Å². The quantitative estimate of drug-likeness (QED) is 0.152. The molecular weight excluding hydrogens is 633 g/mol. The number of benzene rings is 3. The molecule has 34 heavy (non-hydrogen) atoms. The maximum absolute atomic E-state index is 12.5. The molecule has 0 aliphatic carbocycles. The van der Waals surface area contributed by atoms with Gasteiger partial charge < -0.3 is 14.2 Å². The normalized spacial score (nSPS) is 14.2. The van der Waals surface area contributed by atoms with Crippen LogP contribution in [-0.4, -0.2) is 18.5 Å². The van der Waals surface area contributed by atoms with Gasteiger partial charge in [0.05, 0.1) is 11.6 Å². The summed E-state index contributed by atoms with van der Waals surface area (Å²) in [5, 5.41) is 0.374. The third-order valence-electron chi connectivity index (χ3n) is 4.96. The largest absolute Gasteiger partial charge is 0.490 e. The maximum Gasteiger partial charge on any atom is 0.363 e. The van der Waals surface area contributed by atoms with Gasteiger partial charge in [-0.1, -0.05) is 39.7 Å². The summed E-state index contributed by atoms with van der Waals surface area (Å²) in [6.45, 7) is 4.65. The molecule has 0 radical (unpaired) electrons. The van der Waals surface area contributed by atoms with Crippen molar-refractivity contribution in [3.63, 3.8) is 0 Å². The van der Waals surface area contributed by atoms with Gasteiger partial charge in [0, 0.05) is 13.6 Å². The molecule has 0 saturated carbocycles. The summed E-state index contributed by atoms with van der Waals surface area (Å²) in [7, 11) is 0. The zero-order chi connectivity index (χ0) is 24.2. The standard InChI is InChI=1S/C26H20BrClINO4/c1-3-32-23-13-17(11-20(28)24(23)33-14-16-4-7-19(27)8-5-16)12-22-26(31)34-25(30-22)18-6-9-21(29)15(2)10-18/h4-13H,3,14H2,1-2H3/b22-12-. The predicted octanol–water partition coefficient (Wildman–Crippen LogP) is 7.34. The number of esters is 1. The van der Waals surface area contributed by atoms with Crippen LogP contribution in [0.1, 0.15) is 29.2 Å². The van der Waals surface area contributed by atoms with E-state index in [1.54, 1.807) is 18.2 Å². The van der Waals surface area contributed by atoms with Crippen molar-refractivity contribution in [1.82, 2.24) is 0 Å². The first kappa shape index (κ1) is 24.8. The highest BCUT2D eigenvalue weighted by atomic mass is 127. The van der Waals surface area contributed by atoms with Crippen molar-refractivity contribution in [2.75, 3.05) is 6.61 Å². The average Bonchev–Trinajstić information content (AvgIpc) is 3.16. The van der Waals surface area contributed by atoms with Crippen LogP contribution in [0.5, 0.6) is 11.5 Å². The van der Waals surface area contributed by atoms with E-state index in [-0.39, 0.29) is 11.6 Å². The van der Waals surface area contributed by atoms with E-state index in [0.29, 0.717) is 35.3 Å². The molecule has 0 unspecified atom stereocenters. The number of carbonyl (C=O) groups excluding carboxylic acids is 1. The average molecular weight is 653 g/mol. The lowest BCUT2D eigenvalue weighted by Gasteiger charge is -2.14. The van der Waals surface area contributed by atoms with Crippen molar-refractivity contribution in [3.8, 4) is 11.5 Å². The van der Waals surface area contributed by atoms with E-state index in [1.165, 1.54) is 0 Å². The van der Waals surface area contributed by atoms with E-state index < -0.39 is 5.97 Å². The molecule has 1 aliphatic rings. The molecule has 8 heteroatoms. The molecule has 0 saturated heterocycles. The van der Waals surface area contributed by atoms with E-state index in [9.17, 15) is 4.79 Å². The summed E-state index contributed by atoms with van der Waals surface area (Å²) in [6, 6.07) is 17.1. The van der Waals surface area contributed by atoms with Crippen LogP contribution in [0.25, 0.3) is 6.08 Å². The molecule has 4 rings (SSSR count). The Balaban J connectivity index is 1.61. The Hall–Kier alpha value is -2.36. The Morgan fingerprint density at radius 2 is 1.88 bits per heavy atom. The van der Waals surface area contributed by atoms with Crippen molar-refractivity contribution in [2.45, 2.75) is 20.5 Å². The van der Waals surface area contributed by atoms with E-state index in [2.05, 4.69) is 43.5 Å². The van der Waals surface area contributed by atoms with E-state index in [1.807, 2.05) is 56.3 Å². The smallest absolute Gasteiger partial charge is 0.363 e. The molecule has 0 amide bonds. The predicted molar refractivity (Wildman–Crippen MR) is 146 cm³/mol. The molecular formula is C26H20BrClINO4.